The van der Waals surface area contributed by atoms with Gasteiger partial charge in [0, 0.05) is 30.8 Å². The summed E-state index contributed by atoms with van der Waals surface area (Å²) in [6.45, 7) is 2.97. The summed E-state index contributed by atoms with van der Waals surface area (Å²) in [6.07, 6.45) is 0.948. The van der Waals surface area contributed by atoms with E-state index in [9.17, 15) is 4.79 Å². The number of hydrogen-bond donors (Lipinski definition) is 0. The quantitative estimate of drug-likeness (QED) is 0.624. The van der Waals surface area contributed by atoms with E-state index < -0.39 is 0 Å². The van der Waals surface area contributed by atoms with Crippen molar-refractivity contribution in [2.45, 2.75) is 13.3 Å². The summed E-state index contributed by atoms with van der Waals surface area (Å²) in [5.74, 6) is 0.436. The van der Waals surface area contributed by atoms with Crippen LogP contribution in [-0.2, 0) is 0 Å². The van der Waals surface area contributed by atoms with Gasteiger partial charge >= 0.3 is 0 Å². The normalized spacial score (nSPS) is 21.7. The maximum atomic E-state index is 12.0. The van der Waals surface area contributed by atoms with Crippen molar-refractivity contribution in [3.05, 3.63) is 29.8 Å². The van der Waals surface area contributed by atoms with Gasteiger partial charge in [-0.05, 0) is 18.6 Å². The molecular formula is C12H15NO. The lowest BCUT2D eigenvalue weighted by molar-refractivity contribution is 0.0929. The van der Waals surface area contributed by atoms with E-state index >= 15 is 0 Å². The molecule has 1 aromatic rings. The van der Waals surface area contributed by atoms with Crippen LogP contribution in [0.25, 0.3) is 0 Å². The van der Waals surface area contributed by atoms with Crippen LogP contribution in [0.3, 0.4) is 0 Å². The maximum absolute atomic E-state index is 12.0. The van der Waals surface area contributed by atoms with Gasteiger partial charge in [-0.15, -0.1) is 0 Å². The van der Waals surface area contributed by atoms with Gasteiger partial charge < -0.3 is 4.90 Å². The summed E-state index contributed by atoms with van der Waals surface area (Å²) < 4.78 is 0. The fraction of sp³-hybridized carbons (Fsp3) is 0.417. The lowest BCUT2D eigenvalue weighted by Crippen LogP contribution is -2.18. The van der Waals surface area contributed by atoms with E-state index in [1.165, 1.54) is 0 Å². The van der Waals surface area contributed by atoms with Gasteiger partial charge in [0.1, 0.15) is 0 Å². The molecular weight excluding hydrogens is 174 g/mol. The van der Waals surface area contributed by atoms with Crippen molar-refractivity contribution in [3.63, 3.8) is 0 Å². The van der Waals surface area contributed by atoms with Crippen LogP contribution < -0.4 is 4.90 Å². The second kappa shape index (κ2) is 3.45. The number of carbonyl (C=O) groups is 1. The van der Waals surface area contributed by atoms with Crippen molar-refractivity contribution in [2.24, 2.45) is 5.92 Å². The number of ketones is 1. The van der Waals surface area contributed by atoms with Gasteiger partial charge in [0.25, 0.3) is 0 Å². The van der Waals surface area contributed by atoms with E-state index in [-0.39, 0.29) is 11.7 Å². The first kappa shape index (κ1) is 9.25. The largest absolute Gasteiger partial charge is 0.374 e. The SMILES string of the molecule is CC1CCN(C)c2ccccc2C1=O. The van der Waals surface area contributed by atoms with Crippen molar-refractivity contribution in [3.8, 4) is 0 Å². The van der Waals surface area contributed by atoms with Gasteiger partial charge in [-0.3, -0.25) is 4.79 Å². The molecule has 1 atom stereocenters. The molecule has 1 unspecified atom stereocenters. The minimum absolute atomic E-state index is 0.154. The van der Waals surface area contributed by atoms with Crippen LogP contribution in [0.2, 0.25) is 0 Å². The van der Waals surface area contributed by atoms with Crippen LogP contribution in [-0.4, -0.2) is 19.4 Å². The second-order valence-corrected chi connectivity index (χ2v) is 3.99. The van der Waals surface area contributed by atoms with Gasteiger partial charge in [0.15, 0.2) is 5.78 Å². The standard InChI is InChI=1S/C12H15NO/c1-9-7-8-13(2)11-6-4-3-5-10(11)12(9)14/h3-6,9H,7-8H2,1-2H3. The third-order valence-electron chi connectivity index (χ3n) is 2.93. The van der Waals surface area contributed by atoms with E-state index in [0.29, 0.717) is 0 Å². The zero-order valence-electron chi connectivity index (χ0n) is 8.66. The fourth-order valence-corrected chi connectivity index (χ4v) is 1.92. The van der Waals surface area contributed by atoms with E-state index in [1.54, 1.807) is 0 Å². The Hall–Kier alpha value is -1.31. The fourth-order valence-electron chi connectivity index (χ4n) is 1.92. The van der Waals surface area contributed by atoms with Gasteiger partial charge in [-0.1, -0.05) is 19.1 Å². The van der Waals surface area contributed by atoms with E-state index in [0.717, 1.165) is 24.2 Å². The average Bonchev–Trinajstić information content (AvgIpc) is 2.33. The highest BCUT2D eigenvalue weighted by atomic mass is 16.1. The third kappa shape index (κ3) is 1.41. The highest BCUT2D eigenvalue weighted by Gasteiger charge is 2.23. The molecule has 0 aliphatic carbocycles. The van der Waals surface area contributed by atoms with Gasteiger partial charge in [0.2, 0.25) is 0 Å². The predicted molar refractivity (Wildman–Crippen MR) is 57.8 cm³/mol. The zero-order valence-corrected chi connectivity index (χ0v) is 8.66. The van der Waals surface area contributed by atoms with Crippen molar-refractivity contribution in [2.75, 3.05) is 18.5 Å². The molecule has 0 N–H and O–H groups in total. The van der Waals surface area contributed by atoms with Crippen molar-refractivity contribution < 1.29 is 4.79 Å². The highest BCUT2D eigenvalue weighted by Crippen LogP contribution is 2.27. The maximum Gasteiger partial charge on any atom is 0.167 e. The van der Waals surface area contributed by atoms with E-state index in [1.807, 2.05) is 38.2 Å². The summed E-state index contributed by atoms with van der Waals surface area (Å²) in [5, 5.41) is 0. The van der Waals surface area contributed by atoms with Gasteiger partial charge in [-0.2, -0.15) is 0 Å². The van der Waals surface area contributed by atoms with Crippen LogP contribution in [0.15, 0.2) is 24.3 Å². The first-order valence-corrected chi connectivity index (χ1v) is 5.04. The molecule has 1 aliphatic rings. The molecule has 1 aromatic carbocycles. The summed E-state index contributed by atoms with van der Waals surface area (Å²) in [6, 6.07) is 7.86. The van der Waals surface area contributed by atoms with Crippen molar-refractivity contribution >= 4 is 11.5 Å². The van der Waals surface area contributed by atoms with Crippen molar-refractivity contribution in [1.82, 2.24) is 0 Å². The molecule has 0 saturated heterocycles. The average molecular weight is 189 g/mol. The Balaban J connectivity index is 2.51. The molecule has 0 fully saturated rings. The number of hydrogen-bond acceptors (Lipinski definition) is 2. The monoisotopic (exact) mass is 189 g/mol. The Kier molecular flexibility index (Phi) is 2.28. The number of nitrogens with zero attached hydrogens (tertiary/aromatic N) is 1. The molecule has 1 aliphatic heterocycles. The lowest BCUT2D eigenvalue weighted by Gasteiger charge is -2.17. The number of anilines is 1. The van der Waals surface area contributed by atoms with Crippen molar-refractivity contribution in [1.29, 1.82) is 0 Å². The molecule has 2 rings (SSSR count). The topological polar surface area (TPSA) is 20.3 Å². The van der Waals surface area contributed by atoms with E-state index in [2.05, 4.69) is 4.90 Å². The second-order valence-electron chi connectivity index (χ2n) is 3.99. The molecule has 0 bridgehead atoms. The Morgan fingerprint density at radius 1 is 1.36 bits per heavy atom. The molecule has 14 heavy (non-hydrogen) atoms. The smallest absolute Gasteiger partial charge is 0.167 e. The molecule has 0 radical (unpaired) electrons. The van der Waals surface area contributed by atoms with Crippen LogP contribution >= 0.6 is 0 Å². The molecule has 2 nitrogen and oxygen atoms in total. The van der Waals surface area contributed by atoms with Gasteiger partial charge in [-0.25, -0.2) is 0 Å². The number of para-hydroxylation sites is 1. The summed E-state index contributed by atoms with van der Waals surface area (Å²) >= 11 is 0. The summed E-state index contributed by atoms with van der Waals surface area (Å²) in [7, 11) is 2.05. The molecule has 1 heterocycles. The minimum atomic E-state index is 0.154. The number of rotatable bonds is 0. The number of benzene rings is 1. The number of carbonyl (C=O) groups excluding carboxylic acids is 1. The molecule has 2 heteroatoms. The first-order valence-electron chi connectivity index (χ1n) is 5.04. The Labute approximate surface area is 84.5 Å². The predicted octanol–water partition coefficient (Wildman–Crippen LogP) is 2.35. The number of fused-ring (bicyclic) bond motifs is 1. The van der Waals surface area contributed by atoms with Gasteiger partial charge in [0.05, 0.1) is 0 Å². The first-order chi connectivity index (χ1) is 6.70. The van der Waals surface area contributed by atoms with E-state index in [4.69, 9.17) is 0 Å². The van der Waals surface area contributed by atoms with Crippen LogP contribution in [0.1, 0.15) is 23.7 Å². The summed E-state index contributed by atoms with van der Waals surface area (Å²) in [5.41, 5.74) is 1.95. The Morgan fingerprint density at radius 3 is 2.86 bits per heavy atom. The third-order valence-corrected chi connectivity index (χ3v) is 2.93. The van der Waals surface area contributed by atoms with Crippen LogP contribution in [0.5, 0.6) is 0 Å². The minimum Gasteiger partial charge on any atom is -0.374 e. The van der Waals surface area contributed by atoms with Crippen LogP contribution in [0, 0.1) is 5.92 Å². The lowest BCUT2D eigenvalue weighted by atomic mass is 9.97. The Morgan fingerprint density at radius 2 is 2.07 bits per heavy atom. The summed E-state index contributed by atoms with van der Waals surface area (Å²) in [4.78, 5) is 14.1. The number of Topliss-reactive ketones (excluding diaryl/α,β-unsaturated/α-hetero) is 1. The molecule has 0 saturated carbocycles. The highest BCUT2D eigenvalue weighted by molar-refractivity contribution is 6.03. The Bertz CT molecular complexity index is 359. The van der Waals surface area contributed by atoms with Crippen LogP contribution in [0.4, 0.5) is 5.69 Å². The molecule has 74 valence electrons. The zero-order chi connectivity index (χ0) is 10.1. The molecule has 0 amide bonds. The molecule has 0 spiro atoms. The molecule has 0 aromatic heterocycles.